The van der Waals surface area contributed by atoms with Gasteiger partial charge in [0.15, 0.2) is 0 Å². The fourth-order valence-corrected chi connectivity index (χ4v) is 4.10. The van der Waals surface area contributed by atoms with Gasteiger partial charge in [-0.15, -0.1) is 0 Å². The Labute approximate surface area is 163 Å². The lowest BCUT2D eigenvalue weighted by molar-refractivity contribution is -0.150. The largest absolute Gasteiger partial charge is 0.480 e. The van der Waals surface area contributed by atoms with Crippen LogP contribution in [0.25, 0.3) is 0 Å². The Kier molecular flexibility index (Phi) is 5.74. The number of aliphatic carboxylic acids is 1. The fourth-order valence-electron chi connectivity index (χ4n) is 4.10. The molecule has 0 bridgehead atoms. The number of halogens is 1. The number of nitrogens with zero attached hydrogens (tertiary/aromatic N) is 2. The van der Waals surface area contributed by atoms with Crippen LogP contribution in [0.15, 0.2) is 48.7 Å². The summed E-state index contributed by atoms with van der Waals surface area (Å²) in [6.45, 7) is 2.07. The van der Waals surface area contributed by atoms with E-state index >= 15 is 0 Å². The molecule has 0 spiro atoms. The second kappa shape index (κ2) is 8.06. The second-order valence-corrected chi connectivity index (χ2v) is 7.15. The number of carboxylic acids is 1. The van der Waals surface area contributed by atoms with E-state index in [1.165, 1.54) is 12.1 Å². The lowest BCUT2D eigenvalue weighted by atomic mass is 9.87. The van der Waals surface area contributed by atoms with Crippen molar-refractivity contribution >= 4 is 11.9 Å². The number of likely N-dealkylation sites (tertiary alicyclic amines) is 1. The van der Waals surface area contributed by atoms with E-state index in [9.17, 15) is 19.1 Å². The number of pyridine rings is 1. The monoisotopic (exact) mass is 385 g/mol. The third kappa shape index (κ3) is 3.62. The van der Waals surface area contributed by atoms with Gasteiger partial charge < -0.3 is 10.4 Å². The van der Waals surface area contributed by atoms with E-state index in [1.807, 2.05) is 12.1 Å². The second-order valence-electron chi connectivity index (χ2n) is 7.15. The minimum Gasteiger partial charge on any atom is -0.480 e. The highest BCUT2D eigenvalue weighted by atomic mass is 19.1. The molecule has 3 rings (SSSR count). The molecular formula is C21H24FN3O3. The molecule has 0 unspecified atom stereocenters. The number of nitrogens with one attached hydrogen (secondary N) is 1. The molecular weight excluding hydrogens is 361 g/mol. The highest BCUT2D eigenvalue weighted by Crippen LogP contribution is 2.47. The molecule has 0 saturated carbocycles. The first-order valence-corrected chi connectivity index (χ1v) is 9.28. The lowest BCUT2D eigenvalue weighted by Gasteiger charge is -2.34. The van der Waals surface area contributed by atoms with E-state index in [0.29, 0.717) is 6.42 Å². The Hall–Kier alpha value is -2.80. The van der Waals surface area contributed by atoms with E-state index in [2.05, 4.69) is 10.3 Å². The van der Waals surface area contributed by atoms with Crippen LogP contribution in [-0.2, 0) is 16.1 Å². The number of carbonyl (C=O) groups excluding carboxylic acids is 1. The van der Waals surface area contributed by atoms with Crippen molar-refractivity contribution in [2.24, 2.45) is 5.92 Å². The molecule has 1 aliphatic heterocycles. The molecule has 1 amide bonds. The zero-order chi connectivity index (χ0) is 20.3. The van der Waals surface area contributed by atoms with Gasteiger partial charge in [-0.3, -0.25) is 19.5 Å². The van der Waals surface area contributed by atoms with E-state index < -0.39 is 23.5 Å². The average Bonchev–Trinajstić information content (AvgIpc) is 3.01. The topological polar surface area (TPSA) is 82.5 Å². The molecule has 1 aliphatic rings. The zero-order valence-corrected chi connectivity index (χ0v) is 15.9. The Morgan fingerprint density at radius 1 is 1.29 bits per heavy atom. The molecule has 2 heterocycles. The molecule has 0 aliphatic carbocycles. The van der Waals surface area contributed by atoms with Gasteiger partial charge in [-0.05, 0) is 49.7 Å². The van der Waals surface area contributed by atoms with Crippen molar-refractivity contribution in [2.75, 3.05) is 7.05 Å². The molecule has 2 aromatic rings. The number of hydrogen-bond acceptors (Lipinski definition) is 4. The van der Waals surface area contributed by atoms with Gasteiger partial charge in [0.05, 0.1) is 18.2 Å². The van der Waals surface area contributed by atoms with Crippen molar-refractivity contribution in [2.45, 2.75) is 37.9 Å². The normalized spacial score (nSPS) is 24.8. The van der Waals surface area contributed by atoms with Gasteiger partial charge >= 0.3 is 5.97 Å². The molecule has 7 heteroatoms. The standard InChI is InChI=1S/C21H24FN3O3/c1-3-21(20(27)28)12-17(19(26)24-13-16-6-4-5-11-23-16)18(25(21)2)14-7-9-15(22)10-8-14/h4-11,17-18H,3,12-13H2,1-2H3,(H,24,26)(H,27,28)/t17-,18-,21-/m1/s1. The van der Waals surface area contributed by atoms with Crippen molar-refractivity contribution in [1.82, 2.24) is 15.2 Å². The van der Waals surface area contributed by atoms with Crippen molar-refractivity contribution in [3.63, 3.8) is 0 Å². The maximum atomic E-state index is 13.4. The summed E-state index contributed by atoms with van der Waals surface area (Å²) in [4.78, 5) is 31.0. The van der Waals surface area contributed by atoms with Crippen molar-refractivity contribution in [3.8, 4) is 0 Å². The molecule has 6 nitrogen and oxygen atoms in total. The number of benzene rings is 1. The fraction of sp³-hybridized carbons (Fsp3) is 0.381. The number of hydrogen-bond donors (Lipinski definition) is 2. The van der Waals surface area contributed by atoms with Crippen LogP contribution in [0.5, 0.6) is 0 Å². The van der Waals surface area contributed by atoms with Gasteiger partial charge in [-0.25, -0.2) is 4.39 Å². The highest BCUT2D eigenvalue weighted by Gasteiger charge is 2.56. The van der Waals surface area contributed by atoms with Crippen LogP contribution in [0.4, 0.5) is 4.39 Å². The molecule has 1 aromatic heterocycles. The number of aromatic nitrogens is 1. The smallest absolute Gasteiger partial charge is 0.324 e. The molecule has 3 atom stereocenters. The maximum Gasteiger partial charge on any atom is 0.324 e. The van der Waals surface area contributed by atoms with Crippen LogP contribution < -0.4 is 5.32 Å². The van der Waals surface area contributed by atoms with Crippen molar-refractivity contribution in [1.29, 1.82) is 0 Å². The third-order valence-electron chi connectivity index (χ3n) is 5.73. The van der Waals surface area contributed by atoms with Crippen molar-refractivity contribution < 1.29 is 19.1 Å². The first-order valence-electron chi connectivity index (χ1n) is 9.28. The Morgan fingerprint density at radius 3 is 2.57 bits per heavy atom. The van der Waals surface area contributed by atoms with Gasteiger partial charge in [-0.2, -0.15) is 0 Å². The van der Waals surface area contributed by atoms with Crippen LogP contribution >= 0.6 is 0 Å². The van der Waals surface area contributed by atoms with E-state index in [1.54, 1.807) is 43.3 Å². The van der Waals surface area contributed by atoms with Crippen LogP contribution in [0.3, 0.4) is 0 Å². The van der Waals surface area contributed by atoms with Crippen LogP contribution in [0.2, 0.25) is 0 Å². The summed E-state index contributed by atoms with van der Waals surface area (Å²) in [6, 6.07) is 10.9. The molecule has 2 N–H and O–H groups in total. The summed E-state index contributed by atoms with van der Waals surface area (Å²) in [5.74, 6) is -2.14. The van der Waals surface area contributed by atoms with Crippen molar-refractivity contribution in [3.05, 3.63) is 65.7 Å². The van der Waals surface area contributed by atoms with E-state index in [-0.39, 0.29) is 24.7 Å². The summed E-state index contributed by atoms with van der Waals surface area (Å²) in [6.07, 6.45) is 2.20. The predicted molar refractivity (Wildman–Crippen MR) is 102 cm³/mol. The van der Waals surface area contributed by atoms with Gasteiger partial charge in [0.2, 0.25) is 5.91 Å². The summed E-state index contributed by atoms with van der Waals surface area (Å²) in [5, 5.41) is 12.8. The number of amides is 1. The minimum absolute atomic E-state index is 0.186. The van der Waals surface area contributed by atoms with Gasteiger partial charge in [-0.1, -0.05) is 25.1 Å². The first-order chi connectivity index (χ1) is 13.4. The first kappa shape index (κ1) is 19.9. The van der Waals surface area contributed by atoms with Crippen LogP contribution in [-0.4, -0.2) is 39.5 Å². The summed E-state index contributed by atoms with van der Waals surface area (Å²) < 4.78 is 13.4. The van der Waals surface area contributed by atoms with Gasteiger partial charge in [0.1, 0.15) is 11.4 Å². The van der Waals surface area contributed by atoms with Crippen LogP contribution in [0.1, 0.15) is 37.1 Å². The quantitative estimate of drug-likeness (QED) is 0.799. The van der Waals surface area contributed by atoms with Gasteiger partial charge in [0, 0.05) is 12.2 Å². The molecule has 1 saturated heterocycles. The molecule has 28 heavy (non-hydrogen) atoms. The lowest BCUT2D eigenvalue weighted by Crippen LogP contribution is -2.48. The Morgan fingerprint density at radius 2 is 2.00 bits per heavy atom. The molecule has 148 valence electrons. The summed E-state index contributed by atoms with van der Waals surface area (Å²) >= 11 is 0. The van der Waals surface area contributed by atoms with E-state index in [0.717, 1.165) is 11.3 Å². The summed E-state index contributed by atoms with van der Waals surface area (Å²) in [5.41, 5.74) is 0.297. The Bertz CT molecular complexity index is 844. The molecule has 1 fully saturated rings. The third-order valence-corrected chi connectivity index (χ3v) is 5.73. The Balaban J connectivity index is 1.89. The predicted octanol–water partition coefficient (Wildman–Crippen LogP) is 2.76. The number of likely N-dealkylation sites (N-methyl/N-ethyl adjacent to an activating group) is 1. The number of rotatable bonds is 6. The maximum absolute atomic E-state index is 13.4. The zero-order valence-electron chi connectivity index (χ0n) is 15.9. The molecule has 0 radical (unpaired) electrons. The van der Waals surface area contributed by atoms with Gasteiger partial charge in [0.25, 0.3) is 0 Å². The molecule has 1 aromatic carbocycles. The SMILES string of the molecule is CC[C@]1(C(=O)O)C[C@@H](C(=O)NCc2ccccn2)[C@@H](c2ccc(F)cc2)N1C. The van der Waals surface area contributed by atoms with E-state index in [4.69, 9.17) is 0 Å². The number of carboxylic acid groups (broad SMARTS) is 1. The number of carbonyl (C=O) groups is 2. The highest BCUT2D eigenvalue weighted by molar-refractivity contribution is 5.85. The average molecular weight is 385 g/mol. The minimum atomic E-state index is -1.15. The summed E-state index contributed by atoms with van der Waals surface area (Å²) in [7, 11) is 1.72. The van der Waals surface area contributed by atoms with Crippen LogP contribution in [0, 0.1) is 11.7 Å².